The Kier molecular flexibility index (Phi) is 4.29. The number of amides is 2. The van der Waals surface area contributed by atoms with Gasteiger partial charge in [-0.15, -0.1) is 0 Å². The second kappa shape index (κ2) is 7.00. The fraction of sp³-hybridized carbons (Fsp3) is 0.167. The number of benzene rings is 3. The standard InChI is InChI=1S/C24H22N4O2/c1-26-17-27(19-12-6-3-7-13-19)24(20-14-8-9-15-21(20)25-23(24)30)28(26)22(29)16-18-10-4-2-5-11-18/h2-15H,16-17H2,1H3,(H,25,30). The van der Waals surface area contributed by atoms with Crippen LogP contribution in [0.5, 0.6) is 0 Å². The molecule has 6 heteroatoms. The summed E-state index contributed by atoms with van der Waals surface area (Å²) in [5.41, 5.74) is 2.04. The van der Waals surface area contributed by atoms with E-state index in [0.29, 0.717) is 6.67 Å². The van der Waals surface area contributed by atoms with E-state index in [2.05, 4.69) is 5.32 Å². The molecule has 1 unspecified atom stereocenters. The van der Waals surface area contributed by atoms with Gasteiger partial charge in [-0.05, 0) is 23.8 Å². The van der Waals surface area contributed by atoms with Crippen LogP contribution in [-0.4, -0.2) is 35.5 Å². The lowest BCUT2D eigenvalue weighted by molar-refractivity contribution is -0.157. The van der Waals surface area contributed by atoms with Crippen molar-refractivity contribution in [2.24, 2.45) is 0 Å². The predicted molar refractivity (Wildman–Crippen MR) is 115 cm³/mol. The van der Waals surface area contributed by atoms with Gasteiger partial charge in [0.05, 0.1) is 13.1 Å². The number of anilines is 2. The molecule has 0 bridgehead atoms. The van der Waals surface area contributed by atoms with Crippen molar-refractivity contribution in [3.05, 3.63) is 96.1 Å². The Balaban J connectivity index is 1.66. The van der Waals surface area contributed by atoms with E-state index in [1.54, 1.807) is 5.01 Å². The van der Waals surface area contributed by atoms with Gasteiger partial charge in [0.25, 0.3) is 5.91 Å². The summed E-state index contributed by atoms with van der Waals surface area (Å²) >= 11 is 0. The normalized spacial score (nSPS) is 20.5. The van der Waals surface area contributed by atoms with Gasteiger partial charge >= 0.3 is 0 Å². The van der Waals surface area contributed by atoms with Crippen molar-refractivity contribution in [2.75, 3.05) is 23.9 Å². The number of nitrogens with one attached hydrogen (secondary N) is 1. The zero-order valence-electron chi connectivity index (χ0n) is 16.7. The van der Waals surface area contributed by atoms with Crippen LogP contribution in [0.2, 0.25) is 0 Å². The van der Waals surface area contributed by atoms with Gasteiger partial charge in [0.2, 0.25) is 11.6 Å². The number of carbonyl (C=O) groups excluding carboxylic acids is 2. The van der Waals surface area contributed by atoms with Crippen molar-refractivity contribution < 1.29 is 9.59 Å². The van der Waals surface area contributed by atoms with Gasteiger partial charge in [0.1, 0.15) is 0 Å². The van der Waals surface area contributed by atoms with Gasteiger partial charge in [-0.2, -0.15) is 5.01 Å². The maximum Gasteiger partial charge on any atom is 0.277 e. The Bertz CT molecular complexity index is 1100. The minimum Gasteiger partial charge on any atom is -0.322 e. The molecule has 3 aromatic rings. The van der Waals surface area contributed by atoms with Gasteiger partial charge < -0.3 is 10.2 Å². The number of hydrazine groups is 1. The second-order valence-electron chi connectivity index (χ2n) is 7.60. The molecule has 5 rings (SSSR count). The lowest BCUT2D eigenvalue weighted by atomic mass is 9.97. The Labute approximate surface area is 175 Å². The molecule has 2 heterocycles. The minimum absolute atomic E-state index is 0.131. The fourth-order valence-electron chi connectivity index (χ4n) is 4.53. The third kappa shape index (κ3) is 2.61. The highest BCUT2D eigenvalue weighted by atomic mass is 16.2. The summed E-state index contributed by atoms with van der Waals surface area (Å²) in [5.74, 6) is -0.354. The zero-order chi connectivity index (χ0) is 20.7. The SMILES string of the molecule is CN1CN(c2ccccc2)C2(C(=O)Nc3ccccc32)N1C(=O)Cc1ccccc1. The van der Waals surface area contributed by atoms with Crippen molar-refractivity contribution in [3.8, 4) is 0 Å². The average molecular weight is 398 g/mol. The topological polar surface area (TPSA) is 55.9 Å². The molecule has 0 aliphatic carbocycles. The lowest BCUT2D eigenvalue weighted by Gasteiger charge is -2.39. The van der Waals surface area contributed by atoms with Crippen molar-refractivity contribution in [3.63, 3.8) is 0 Å². The molecular weight excluding hydrogens is 376 g/mol. The van der Waals surface area contributed by atoms with Gasteiger partial charge in [-0.1, -0.05) is 66.7 Å². The van der Waals surface area contributed by atoms with Crippen molar-refractivity contribution in [1.82, 2.24) is 10.0 Å². The van der Waals surface area contributed by atoms with Gasteiger partial charge in [-0.3, -0.25) is 9.59 Å². The molecule has 0 aromatic heterocycles. The predicted octanol–water partition coefficient (Wildman–Crippen LogP) is 3.19. The molecule has 3 aromatic carbocycles. The molecule has 1 saturated heterocycles. The molecule has 2 aliphatic rings. The summed E-state index contributed by atoms with van der Waals surface area (Å²) in [7, 11) is 1.85. The van der Waals surface area contributed by atoms with Crippen LogP contribution in [0.1, 0.15) is 11.1 Å². The minimum atomic E-state index is -1.27. The highest BCUT2D eigenvalue weighted by Gasteiger charge is 2.62. The summed E-state index contributed by atoms with van der Waals surface area (Å²) in [5, 5.41) is 6.45. The Morgan fingerprint density at radius 3 is 2.30 bits per heavy atom. The quantitative estimate of drug-likeness (QED) is 0.736. The van der Waals surface area contributed by atoms with E-state index in [0.717, 1.165) is 22.5 Å². The Morgan fingerprint density at radius 1 is 0.933 bits per heavy atom. The number of hydrogen-bond donors (Lipinski definition) is 1. The summed E-state index contributed by atoms with van der Waals surface area (Å²) in [4.78, 5) is 29.2. The van der Waals surface area contributed by atoms with Crippen LogP contribution < -0.4 is 10.2 Å². The molecule has 1 spiro atoms. The first-order valence-corrected chi connectivity index (χ1v) is 9.94. The van der Waals surface area contributed by atoms with Gasteiger partial charge in [0.15, 0.2) is 0 Å². The van der Waals surface area contributed by atoms with E-state index in [-0.39, 0.29) is 18.2 Å². The number of nitrogens with zero attached hydrogens (tertiary/aromatic N) is 3. The van der Waals surface area contributed by atoms with E-state index < -0.39 is 5.66 Å². The largest absolute Gasteiger partial charge is 0.322 e. The smallest absolute Gasteiger partial charge is 0.277 e. The van der Waals surface area contributed by atoms with Gasteiger partial charge in [0, 0.05) is 24.0 Å². The van der Waals surface area contributed by atoms with Crippen LogP contribution in [0.15, 0.2) is 84.9 Å². The van der Waals surface area contributed by atoms with Gasteiger partial charge in [-0.25, -0.2) is 5.01 Å². The second-order valence-corrected chi connectivity index (χ2v) is 7.60. The van der Waals surface area contributed by atoms with Crippen LogP contribution in [0.3, 0.4) is 0 Å². The average Bonchev–Trinajstić information content (AvgIpc) is 3.24. The molecular formula is C24H22N4O2. The van der Waals surface area contributed by atoms with Crippen molar-refractivity contribution >= 4 is 23.2 Å². The maximum atomic E-state index is 13.6. The number of para-hydroxylation sites is 2. The van der Waals surface area contributed by atoms with Crippen LogP contribution in [0, 0.1) is 0 Å². The van der Waals surface area contributed by atoms with Crippen LogP contribution in [-0.2, 0) is 21.7 Å². The number of rotatable bonds is 3. The molecule has 2 amide bonds. The fourth-order valence-corrected chi connectivity index (χ4v) is 4.53. The van der Waals surface area contributed by atoms with E-state index in [4.69, 9.17) is 0 Å². The van der Waals surface area contributed by atoms with E-state index in [1.807, 2.05) is 102 Å². The maximum absolute atomic E-state index is 13.6. The van der Waals surface area contributed by atoms with E-state index in [9.17, 15) is 9.59 Å². The summed E-state index contributed by atoms with van der Waals surface area (Å²) in [6.07, 6.45) is 0.213. The molecule has 1 fully saturated rings. The van der Waals surface area contributed by atoms with Crippen molar-refractivity contribution in [2.45, 2.75) is 12.1 Å². The summed E-state index contributed by atoms with van der Waals surface area (Å²) in [6, 6.07) is 27.0. The molecule has 0 radical (unpaired) electrons. The highest BCUT2D eigenvalue weighted by molar-refractivity contribution is 6.10. The van der Waals surface area contributed by atoms with E-state index in [1.165, 1.54) is 0 Å². The molecule has 150 valence electrons. The lowest BCUT2D eigenvalue weighted by Crippen LogP contribution is -2.59. The third-order valence-corrected chi connectivity index (χ3v) is 5.75. The Morgan fingerprint density at radius 2 is 1.57 bits per heavy atom. The van der Waals surface area contributed by atoms with Crippen molar-refractivity contribution in [1.29, 1.82) is 0 Å². The molecule has 30 heavy (non-hydrogen) atoms. The highest BCUT2D eigenvalue weighted by Crippen LogP contribution is 2.48. The van der Waals surface area contributed by atoms with E-state index >= 15 is 0 Å². The monoisotopic (exact) mass is 398 g/mol. The first-order valence-electron chi connectivity index (χ1n) is 9.94. The molecule has 2 aliphatic heterocycles. The molecule has 6 nitrogen and oxygen atoms in total. The third-order valence-electron chi connectivity index (χ3n) is 5.75. The van der Waals surface area contributed by atoms with Crippen LogP contribution in [0.25, 0.3) is 0 Å². The van der Waals surface area contributed by atoms with Crippen LogP contribution >= 0.6 is 0 Å². The Hall–Kier alpha value is -3.64. The summed E-state index contributed by atoms with van der Waals surface area (Å²) in [6.45, 7) is 0.409. The first kappa shape index (κ1) is 18.4. The van der Waals surface area contributed by atoms with Crippen LogP contribution in [0.4, 0.5) is 11.4 Å². The molecule has 1 atom stereocenters. The first-order chi connectivity index (χ1) is 14.6. The molecule has 0 saturated carbocycles. The molecule has 1 N–H and O–H groups in total. The number of carbonyl (C=O) groups is 2. The summed E-state index contributed by atoms with van der Waals surface area (Å²) < 4.78 is 0. The number of fused-ring (bicyclic) bond motifs is 2. The zero-order valence-corrected chi connectivity index (χ0v) is 16.7. The number of hydrogen-bond acceptors (Lipinski definition) is 4.